The molecule has 5 amide bonds. The minimum Gasteiger partial charge on any atom is -0.492 e. The van der Waals surface area contributed by atoms with Gasteiger partial charge < -0.3 is 29.6 Å². The number of aromatic nitrogens is 1. The molecule has 3 saturated heterocycles. The lowest BCUT2D eigenvalue weighted by atomic mass is 9.95. The normalized spacial score (nSPS) is 18.4. The first-order chi connectivity index (χ1) is 30.4. The number of anilines is 2. The lowest BCUT2D eigenvalue weighted by Gasteiger charge is -2.37. The number of ether oxygens (including phenoxy) is 2. The summed E-state index contributed by atoms with van der Waals surface area (Å²) in [4.78, 5) is 88.0. The van der Waals surface area contributed by atoms with Crippen LogP contribution in [0.25, 0.3) is 11.1 Å². The third-order valence-electron chi connectivity index (χ3n) is 12.9. The number of hydrogen-bond acceptors (Lipinski definition) is 11. The Bertz CT molecular complexity index is 2490. The van der Waals surface area contributed by atoms with Crippen LogP contribution in [0.5, 0.6) is 5.75 Å². The van der Waals surface area contributed by atoms with Crippen LogP contribution in [0.4, 0.5) is 11.4 Å². The Kier molecular flexibility index (Phi) is 12.8. The minimum atomic E-state index is -0.994. The van der Waals surface area contributed by atoms with Gasteiger partial charge in [0.05, 0.1) is 11.1 Å². The van der Waals surface area contributed by atoms with Crippen molar-refractivity contribution in [1.29, 1.82) is 0 Å². The van der Waals surface area contributed by atoms with Crippen LogP contribution in [0.15, 0.2) is 65.5 Å². The fourth-order valence-electron chi connectivity index (χ4n) is 9.31. The molecule has 15 nitrogen and oxygen atoms in total. The topological polar surface area (TPSA) is 174 Å². The van der Waals surface area contributed by atoms with Crippen molar-refractivity contribution in [2.75, 3.05) is 68.9 Å². The second-order valence-corrected chi connectivity index (χ2v) is 16.8. The molecular weight excluding hydrogens is 803 g/mol. The summed E-state index contributed by atoms with van der Waals surface area (Å²) < 4.78 is 11.9. The molecule has 0 saturated carbocycles. The fourth-order valence-corrected chi connectivity index (χ4v) is 9.31. The molecule has 3 aromatic carbocycles. The highest BCUT2D eigenvalue weighted by Gasteiger charge is 2.45. The number of piperazine rings is 1. The number of carbonyl (C=O) groups is 5. The van der Waals surface area contributed by atoms with E-state index in [1.54, 1.807) is 12.1 Å². The maximum atomic E-state index is 14.0. The van der Waals surface area contributed by atoms with Crippen LogP contribution < -0.4 is 30.7 Å². The summed E-state index contributed by atoms with van der Waals surface area (Å²) >= 11 is 0. The Morgan fingerprint density at radius 2 is 1.59 bits per heavy atom. The van der Waals surface area contributed by atoms with E-state index in [-0.39, 0.29) is 48.0 Å². The lowest BCUT2D eigenvalue weighted by Crippen LogP contribution is -2.54. The number of amides is 5. The van der Waals surface area contributed by atoms with Crippen molar-refractivity contribution in [2.24, 2.45) is 0 Å². The van der Waals surface area contributed by atoms with Crippen molar-refractivity contribution in [2.45, 2.75) is 72.0 Å². The van der Waals surface area contributed by atoms with E-state index in [9.17, 15) is 28.8 Å². The average molecular weight is 858 g/mol. The summed E-state index contributed by atoms with van der Waals surface area (Å²) in [6, 6.07) is 18.5. The third kappa shape index (κ3) is 9.11. The fraction of sp³-hybridized carbons (Fsp3) is 0.417. The molecule has 63 heavy (non-hydrogen) atoms. The van der Waals surface area contributed by atoms with Crippen LogP contribution in [-0.4, -0.2) is 115 Å². The van der Waals surface area contributed by atoms with Crippen molar-refractivity contribution in [3.8, 4) is 16.9 Å². The zero-order valence-corrected chi connectivity index (χ0v) is 36.4. The Morgan fingerprint density at radius 3 is 2.29 bits per heavy atom. The summed E-state index contributed by atoms with van der Waals surface area (Å²) in [5.41, 5.74) is 7.64. The van der Waals surface area contributed by atoms with Crippen LogP contribution >= 0.6 is 0 Å². The molecule has 0 aliphatic carbocycles. The smallest absolute Gasteiger partial charge is 0.262 e. The molecule has 1 atom stereocenters. The van der Waals surface area contributed by atoms with Crippen LogP contribution in [0.3, 0.4) is 0 Å². The van der Waals surface area contributed by atoms with Crippen molar-refractivity contribution < 1.29 is 33.4 Å². The predicted octanol–water partition coefficient (Wildman–Crippen LogP) is 4.50. The summed E-state index contributed by atoms with van der Waals surface area (Å²) in [7, 11) is 0. The SMILES string of the molecule is CCN(c1cc(-c2ccc(OCCN3CCN(c4ccc5c(c4)C(=O)N(C4CCC(=O)NC4=O)C5=O)CC3)cc2)cc(C(=O)NCc2c(C)cc(C)[nH]c2=O)c1C)C1CCOCC1. The monoisotopic (exact) mass is 857 g/mol. The van der Waals surface area contributed by atoms with Crippen molar-refractivity contribution >= 4 is 40.9 Å². The van der Waals surface area contributed by atoms with Gasteiger partial charge in [0, 0.05) is 99.7 Å². The van der Waals surface area contributed by atoms with E-state index in [1.807, 2.05) is 63.2 Å². The van der Waals surface area contributed by atoms with E-state index >= 15 is 0 Å². The second-order valence-electron chi connectivity index (χ2n) is 16.8. The summed E-state index contributed by atoms with van der Waals surface area (Å²) in [5.74, 6) is -1.55. The number of imide groups is 2. The van der Waals surface area contributed by atoms with E-state index in [0.717, 1.165) is 102 Å². The molecule has 0 bridgehead atoms. The van der Waals surface area contributed by atoms with E-state index < -0.39 is 29.7 Å². The van der Waals surface area contributed by atoms with Gasteiger partial charge in [-0.2, -0.15) is 0 Å². The van der Waals surface area contributed by atoms with Crippen LogP contribution in [0, 0.1) is 20.8 Å². The molecule has 15 heteroatoms. The molecule has 5 heterocycles. The number of piperidine rings is 1. The number of fused-ring (bicyclic) bond motifs is 1. The van der Waals surface area contributed by atoms with Gasteiger partial charge in [-0.1, -0.05) is 12.1 Å². The van der Waals surface area contributed by atoms with Crippen molar-refractivity contribution in [1.82, 2.24) is 25.4 Å². The van der Waals surface area contributed by atoms with E-state index in [1.165, 1.54) is 0 Å². The number of aromatic amines is 1. The molecular formula is C48H55N7O8. The molecule has 1 unspecified atom stereocenters. The first-order valence-corrected chi connectivity index (χ1v) is 21.9. The molecule has 4 aliphatic heterocycles. The first-order valence-electron chi connectivity index (χ1n) is 21.9. The Labute approximate surface area is 366 Å². The number of benzene rings is 3. The highest BCUT2D eigenvalue weighted by Crippen LogP contribution is 2.35. The highest BCUT2D eigenvalue weighted by molar-refractivity contribution is 6.23. The van der Waals surface area contributed by atoms with Gasteiger partial charge in [0.25, 0.3) is 23.3 Å². The van der Waals surface area contributed by atoms with E-state index in [2.05, 4.69) is 43.3 Å². The van der Waals surface area contributed by atoms with Crippen LogP contribution in [0.1, 0.15) is 86.1 Å². The molecule has 0 radical (unpaired) electrons. The average Bonchev–Trinajstić information content (AvgIpc) is 3.52. The number of nitrogens with one attached hydrogen (secondary N) is 3. The molecule has 8 rings (SSSR count). The van der Waals surface area contributed by atoms with Crippen LogP contribution in [-0.2, 0) is 20.9 Å². The predicted molar refractivity (Wildman–Crippen MR) is 238 cm³/mol. The molecule has 0 spiro atoms. The van der Waals surface area contributed by atoms with Crippen molar-refractivity contribution in [3.63, 3.8) is 0 Å². The third-order valence-corrected chi connectivity index (χ3v) is 12.9. The first kappa shape index (κ1) is 43.3. The van der Waals surface area contributed by atoms with Gasteiger partial charge >= 0.3 is 0 Å². The maximum absolute atomic E-state index is 14.0. The molecule has 1 aromatic heterocycles. The summed E-state index contributed by atoms with van der Waals surface area (Å²) in [6.45, 7) is 14.4. The number of pyridine rings is 1. The van der Waals surface area contributed by atoms with Gasteiger partial charge in [-0.15, -0.1) is 0 Å². The van der Waals surface area contributed by atoms with Gasteiger partial charge in [-0.3, -0.25) is 43.9 Å². The van der Waals surface area contributed by atoms with Gasteiger partial charge in [-0.25, -0.2) is 0 Å². The highest BCUT2D eigenvalue weighted by atomic mass is 16.5. The zero-order chi connectivity index (χ0) is 44.4. The molecule has 330 valence electrons. The Balaban J connectivity index is 0.894. The molecule has 3 fully saturated rings. The quantitative estimate of drug-likeness (QED) is 0.162. The number of aryl methyl sites for hydroxylation is 2. The number of nitrogens with zero attached hydrogens (tertiary/aromatic N) is 4. The number of carbonyl (C=O) groups excluding carboxylic acids is 5. The largest absolute Gasteiger partial charge is 0.492 e. The zero-order valence-electron chi connectivity index (χ0n) is 36.4. The Hall–Kier alpha value is -6.32. The minimum absolute atomic E-state index is 0.0764. The number of rotatable bonds is 13. The summed E-state index contributed by atoms with van der Waals surface area (Å²) in [6.07, 6.45) is 2.01. The molecule has 3 N–H and O–H groups in total. The van der Waals surface area contributed by atoms with Gasteiger partial charge in [0.2, 0.25) is 11.8 Å². The lowest BCUT2D eigenvalue weighted by molar-refractivity contribution is -0.136. The summed E-state index contributed by atoms with van der Waals surface area (Å²) in [5, 5.41) is 5.26. The van der Waals surface area contributed by atoms with Gasteiger partial charge in [-0.05, 0) is 118 Å². The van der Waals surface area contributed by atoms with Gasteiger partial charge in [0.15, 0.2) is 0 Å². The molecule has 4 aromatic rings. The van der Waals surface area contributed by atoms with E-state index in [4.69, 9.17) is 9.47 Å². The van der Waals surface area contributed by atoms with Crippen molar-refractivity contribution in [3.05, 3.63) is 110 Å². The second kappa shape index (κ2) is 18.6. The molecule has 4 aliphatic rings. The van der Waals surface area contributed by atoms with Gasteiger partial charge in [0.1, 0.15) is 18.4 Å². The maximum Gasteiger partial charge on any atom is 0.262 e. The number of H-pyrrole nitrogens is 1. The Morgan fingerprint density at radius 1 is 0.857 bits per heavy atom. The van der Waals surface area contributed by atoms with E-state index in [0.29, 0.717) is 30.9 Å². The number of hydrogen-bond donors (Lipinski definition) is 3. The standard InChI is InChI=1S/C48H55N7O8/c1-5-54(34-14-21-62-22-15-34)42-26-33(25-38(31(42)4)44(57)49-28-40-29(2)24-30(3)50-45(40)58)32-6-9-36(10-7-32)63-23-20-52-16-18-53(19-17-52)35-8-11-37-39(27-35)48(61)55(47(37)60)41-12-13-43(56)51-46(41)59/h6-11,24-27,34,41H,5,12-23,28H2,1-4H3,(H,49,57)(H,50,58)(H,51,56,59). The van der Waals surface area contributed by atoms with Crippen LogP contribution in [0.2, 0.25) is 0 Å².